The lowest BCUT2D eigenvalue weighted by Crippen LogP contribution is -2.23. The monoisotopic (exact) mass is 212 g/mol. The van der Waals surface area contributed by atoms with E-state index >= 15 is 0 Å². The predicted molar refractivity (Wildman–Crippen MR) is 63.7 cm³/mol. The molecule has 0 radical (unpaired) electrons. The Morgan fingerprint density at radius 2 is 1.73 bits per heavy atom. The first-order valence-corrected chi connectivity index (χ1v) is 5.58. The summed E-state index contributed by atoms with van der Waals surface area (Å²) in [7, 11) is 0. The summed E-state index contributed by atoms with van der Waals surface area (Å²) in [5, 5.41) is 0. The Kier molecular flexibility index (Phi) is 5.06. The molecule has 0 saturated carbocycles. The van der Waals surface area contributed by atoms with E-state index in [1.807, 2.05) is 26.8 Å². The molecule has 0 N–H and O–H groups in total. The molecule has 0 fully saturated rings. The maximum absolute atomic E-state index is 11.4. The van der Waals surface area contributed by atoms with Gasteiger partial charge in [0.05, 0.1) is 0 Å². The van der Waals surface area contributed by atoms with Crippen LogP contribution in [0.25, 0.3) is 0 Å². The van der Waals surface area contributed by atoms with E-state index in [0.717, 1.165) is 12.8 Å². The molecule has 0 aliphatic carbocycles. The van der Waals surface area contributed by atoms with Crippen LogP contribution in [0.4, 0.5) is 0 Å². The number of hydrogen-bond donors (Lipinski definition) is 0. The van der Waals surface area contributed by atoms with Crippen molar-refractivity contribution >= 4 is 5.97 Å². The van der Waals surface area contributed by atoms with E-state index in [2.05, 4.69) is 20.8 Å². The summed E-state index contributed by atoms with van der Waals surface area (Å²) in [4.78, 5) is 11.4. The third-order valence-electron chi connectivity index (χ3n) is 1.97. The van der Waals surface area contributed by atoms with Crippen LogP contribution in [-0.4, -0.2) is 11.6 Å². The van der Waals surface area contributed by atoms with E-state index < -0.39 is 5.60 Å². The van der Waals surface area contributed by atoms with Crippen LogP contribution >= 0.6 is 0 Å². The van der Waals surface area contributed by atoms with Crippen LogP contribution in [0.5, 0.6) is 0 Å². The third kappa shape index (κ3) is 8.22. The van der Waals surface area contributed by atoms with Gasteiger partial charge >= 0.3 is 5.97 Å². The summed E-state index contributed by atoms with van der Waals surface area (Å²) < 4.78 is 5.19. The van der Waals surface area contributed by atoms with E-state index in [-0.39, 0.29) is 11.4 Å². The molecule has 0 spiro atoms. The van der Waals surface area contributed by atoms with Crippen molar-refractivity contribution in [1.29, 1.82) is 0 Å². The second kappa shape index (κ2) is 5.34. The quantitative estimate of drug-likeness (QED) is 0.524. The molecule has 0 aromatic heterocycles. The number of carbonyl (C=O) groups is 1. The molecule has 2 nitrogen and oxygen atoms in total. The number of carbonyl (C=O) groups excluding carboxylic acids is 1. The van der Waals surface area contributed by atoms with Crippen molar-refractivity contribution in [2.24, 2.45) is 5.41 Å². The van der Waals surface area contributed by atoms with Crippen LogP contribution in [0.2, 0.25) is 0 Å². The van der Waals surface area contributed by atoms with Gasteiger partial charge in [-0.05, 0) is 32.6 Å². The fourth-order valence-corrected chi connectivity index (χ4v) is 1.36. The van der Waals surface area contributed by atoms with Gasteiger partial charge in [-0.1, -0.05) is 33.3 Å². The summed E-state index contributed by atoms with van der Waals surface area (Å²) >= 11 is 0. The van der Waals surface area contributed by atoms with Gasteiger partial charge in [-0.25, -0.2) is 4.79 Å². The summed E-state index contributed by atoms with van der Waals surface area (Å²) in [5.41, 5.74) is -0.331. The molecule has 0 aliphatic rings. The highest BCUT2D eigenvalue weighted by Crippen LogP contribution is 2.23. The average molecular weight is 212 g/mol. The van der Waals surface area contributed by atoms with Crippen LogP contribution in [0.1, 0.15) is 54.4 Å². The molecule has 0 atom stereocenters. The minimum atomic E-state index is -0.406. The summed E-state index contributed by atoms with van der Waals surface area (Å²) in [6.45, 7) is 12.0. The standard InChI is InChI=1S/C13H24O2/c1-7-9-13(5,6)10-8-11(14)15-12(2,3)4/h8,10H,7,9H2,1-6H3/b10-8-. The van der Waals surface area contributed by atoms with E-state index in [1.165, 1.54) is 0 Å². The largest absolute Gasteiger partial charge is 0.457 e. The number of rotatable bonds is 4. The number of ether oxygens (including phenoxy) is 1. The van der Waals surface area contributed by atoms with Gasteiger partial charge in [0.25, 0.3) is 0 Å². The fraction of sp³-hybridized carbons (Fsp3) is 0.769. The average Bonchev–Trinajstić information content (AvgIpc) is 1.98. The molecule has 0 aromatic rings. The van der Waals surface area contributed by atoms with Gasteiger partial charge in [0, 0.05) is 6.08 Å². The third-order valence-corrected chi connectivity index (χ3v) is 1.97. The van der Waals surface area contributed by atoms with Gasteiger partial charge in [0.1, 0.15) is 5.60 Å². The van der Waals surface area contributed by atoms with Crippen LogP contribution < -0.4 is 0 Å². The Labute approximate surface area is 93.7 Å². The molecule has 0 unspecified atom stereocenters. The molecular formula is C13H24O2. The molecule has 2 heteroatoms. The lowest BCUT2D eigenvalue weighted by Gasteiger charge is -2.20. The second-order valence-corrected chi connectivity index (χ2v) is 5.61. The topological polar surface area (TPSA) is 26.3 Å². The highest BCUT2D eigenvalue weighted by Gasteiger charge is 2.16. The van der Waals surface area contributed by atoms with Crippen LogP contribution in [0, 0.1) is 5.41 Å². The smallest absolute Gasteiger partial charge is 0.330 e. The molecule has 0 bridgehead atoms. The zero-order valence-electron chi connectivity index (χ0n) is 10.9. The van der Waals surface area contributed by atoms with Gasteiger partial charge in [-0.3, -0.25) is 0 Å². The molecule has 88 valence electrons. The predicted octanol–water partition coefficient (Wildman–Crippen LogP) is 3.71. The molecule has 15 heavy (non-hydrogen) atoms. The van der Waals surface area contributed by atoms with Gasteiger partial charge in [-0.2, -0.15) is 0 Å². The molecule has 0 saturated heterocycles. The first-order chi connectivity index (χ1) is 6.66. The molecule has 0 amide bonds. The first-order valence-electron chi connectivity index (χ1n) is 5.58. The van der Waals surface area contributed by atoms with Gasteiger partial charge in [-0.15, -0.1) is 0 Å². The Morgan fingerprint density at radius 1 is 1.20 bits per heavy atom. The van der Waals surface area contributed by atoms with Crippen molar-refractivity contribution in [3.8, 4) is 0 Å². The maximum Gasteiger partial charge on any atom is 0.330 e. The summed E-state index contributed by atoms with van der Waals surface area (Å²) in [6.07, 6.45) is 5.67. The maximum atomic E-state index is 11.4. The minimum absolute atomic E-state index is 0.0751. The van der Waals surface area contributed by atoms with Crippen LogP contribution in [0.15, 0.2) is 12.2 Å². The van der Waals surface area contributed by atoms with E-state index in [4.69, 9.17) is 4.74 Å². The Bertz CT molecular complexity index is 231. The number of hydrogen-bond acceptors (Lipinski definition) is 2. The van der Waals surface area contributed by atoms with Crippen molar-refractivity contribution in [3.05, 3.63) is 12.2 Å². The lowest BCUT2D eigenvalue weighted by atomic mass is 9.88. The van der Waals surface area contributed by atoms with Crippen molar-refractivity contribution < 1.29 is 9.53 Å². The van der Waals surface area contributed by atoms with Crippen molar-refractivity contribution in [2.45, 2.75) is 60.0 Å². The fourth-order valence-electron chi connectivity index (χ4n) is 1.36. The van der Waals surface area contributed by atoms with Gasteiger partial charge in [0.15, 0.2) is 0 Å². The Morgan fingerprint density at radius 3 is 2.13 bits per heavy atom. The highest BCUT2D eigenvalue weighted by atomic mass is 16.6. The van der Waals surface area contributed by atoms with Crippen molar-refractivity contribution in [3.63, 3.8) is 0 Å². The second-order valence-electron chi connectivity index (χ2n) is 5.61. The zero-order chi connectivity index (χ0) is 12.1. The summed E-state index contributed by atoms with van der Waals surface area (Å²) in [5.74, 6) is -0.258. The SMILES string of the molecule is CCCC(C)(C)/C=C\C(=O)OC(C)(C)C. The Balaban J connectivity index is 4.23. The Hall–Kier alpha value is -0.790. The van der Waals surface area contributed by atoms with E-state index in [0.29, 0.717) is 0 Å². The number of allylic oxidation sites excluding steroid dienone is 1. The minimum Gasteiger partial charge on any atom is -0.457 e. The molecule has 0 aliphatic heterocycles. The van der Waals surface area contributed by atoms with Crippen molar-refractivity contribution in [1.82, 2.24) is 0 Å². The molecular weight excluding hydrogens is 188 g/mol. The van der Waals surface area contributed by atoms with Crippen molar-refractivity contribution in [2.75, 3.05) is 0 Å². The number of esters is 1. The normalized spacial score (nSPS) is 13.2. The van der Waals surface area contributed by atoms with Crippen LogP contribution in [-0.2, 0) is 9.53 Å². The van der Waals surface area contributed by atoms with Gasteiger partial charge < -0.3 is 4.74 Å². The lowest BCUT2D eigenvalue weighted by molar-refractivity contribution is -0.148. The van der Waals surface area contributed by atoms with E-state index in [1.54, 1.807) is 6.08 Å². The summed E-state index contributed by atoms with van der Waals surface area (Å²) in [6, 6.07) is 0. The zero-order valence-corrected chi connectivity index (χ0v) is 10.9. The first kappa shape index (κ1) is 14.2. The highest BCUT2D eigenvalue weighted by molar-refractivity contribution is 5.82. The van der Waals surface area contributed by atoms with E-state index in [9.17, 15) is 4.79 Å². The molecule has 0 aromatic carbocycles. The van der Waals surface area contributed by atoms with Crippen LogP contribution in [0.3, 0.4) is 0 Å². The molecule has 0 heterocycles. The molecule has 0 rings (SSSR count). The van der Waals surface area contributed by atoms with Gasteiger partial charge in [0.2, 0.25) is 0 Å².